The molecular formula is C17H20N6O2. The maximum Gasteiger partial charge on any atom is 0.321 e. The molecule has 0 amide bonds. The van der Waals surface area contributed by atoms with E-state index in [4.69, 9.17) is 9.15 Å². The van der Waals surface area contributed by atoms with Crippen molar-refractivity contribution in [2.24, 2.45) is 0 Å². The molecule has 0 spiro atoms. The summed E-state index contributed by atoms with van der Waals surface area (Å²) in [4.78, 5) is 10.5. The summed E-state index contributed by atoms with van der Waals surface area (Å²) in [6, 6.07) is 7.66. The van der Waals surface area contributed by atoms with Crippen molar-refractivity contribution >= 4 is 17.5 Å². The summed E-state index contributed by atoms with van der Waals surface area (Å²) in [6.45, 7) is 3.92. The van der Waals surface area contributed by atoms with E-state index in [1.807, 2.05) is 51.0 Å². The van der Waals surface area contributed by atoms with Gasteiger partial charge in [-0.3, -0.25) is 5.32 Å². The van der Waals surface area contributed by atoms with E-state index in [0.717, 1.165) is 5.69 Å². The first kappa shape index (κ1) is 16.7. The van der Waals surface area contributed by atoms with Crippen molar-refractivity contribution < 1.29 is 9.15 Å². The summed E-state index contributed by atoms with van der Waals surface area (Å²) >= 11 is 0. The Kier molecular flexibility index (Phi) is 4.78. The largest absolute Gasteiger partial charge is 0.489 e. The lowest BCUT2D eigenvalue weighted by molar-refractivity contribution is 0.241. The van der Waals surface area contributed by atoms with Crippen LogP contribution in [0.5, 0.6) is 5.75 Å². The molecule has 0 aliphatic heterocycles. The van der Waals surface area contributed by atoms with E-state index >= 15 is 0 Å². The number of anilines is 3. The molecule has 0 atom stereocenters. The van der Waals surface area contributed by atoms with E-state index in [9.17, 15) is 0 Å². The van der Waals surface area contributed by atoms with Crippen LogP contribution in [0.1, 0.15) is 13.8 Å². The fraction of sp³-hybridized carbons (Fsp3) is 0.294. The molecule has 8 nitrogen and oxygen atoms in total. The molecule has 3 rings (SSSR count). The van der Waals surface area contributed by atoms with Crippen LogP contribution in [0.4, 0.5) is 17.5 Å². The maximum absolute atomic E-state index is 5.63. The van der Waals surface area contributed by atoms with Gasteiger partial charge in [-0.15, -0.1) is 5.10 Å². The molecule has 25 heavy (non-hydrogen) atoms. The first-order valence-corrected chi connectivity index (χ1v) is 7.89. The third-order valence-corrected chi connectivity index (χ3v) is 3.25. The van der Waals surface area contributed by atoms with Gasteiger partial charge in [0.25, 0.3) is 5.89 Å². The highest BCUT2D eigenvalue weighted by Crippen LogP contribution is 2.26. The topological polar surface area (TPSA) is 89.2 Å². The summed E-state index contributed by atoms with van der Waals surface area (Å²) in [5.41, 5.74) is 1.49. The van der Waals surface area contributed by atoms with Crippen LogP contribution >= 0.6 is 0 Å². The molecule has 0 saturated carbocycles. The molecule has 130 valence electrons. The summed E-state index contributed by atoms with van der Waals surface area (Å²) in [5, 5.41) is 11.1. The van der Waals surface area contributed by atoms with Crippen LogP contribution in [0.15, 0.2) is 41.1 Å². The zero-order valence-electron chi connectivity index (χ0n) is 14.6. The van der Waals surface area contributed by atoms with Crippen LogP contribution in [-0.4, -0.2) is 40.4 Å². The smallest absolute Gasteiger partial charge is 0.321 e. The van der Waals surface area contributed by atoms with Crippen molar-refractivity contribution in [1.82, 2.24) is 20.2 Å². The monoisotopic (exact) mass is 340 g/mol. The standard InChI is InChI=1S/C17H20N6O2/c1-11(2)24-12-7-8-13(19-10-12)16-21-22-17(25-16)20-15-14(23(3)4)6-5-9-18-15/h5-11H,1-4H3,(H,18,20,22). The fourth-order valence-corrected chi connectivity index (χ4v) is 2.18. The van der Waals surface area contributed by atoms with Gasteiger partial charge in [0.2, 0.25) is 0 Å². The van der Waals surface area contributed by atoms with Crippen molar-refractivity contribution in [2.75, 3.05) is 24.3 Å². The number of hydrogen-bond donors (Lipinski definition) is 1. The molecule has 0 unspecified atom stereocenters. The Balaban J connectivity index is 1.77. The van der Waals surface area contributed by atoms with Gasteiger partial charge in [0.15, 0.2) is 5.82 Å². The summed E-state index contributed by atoms with van der Waals surface area (Å²) in [5.74, 6) is 1.65. The van der Waals surface area contributed by atoms with Crippen LogP contribution in [0, 0.1) is 0 Å². The number of rotatable bonds is 6. The maximum atomic E-state index is 5.63. The molecule has 3 heterocycles. The molecule has 0 saturated heterocycles. The van der Waals surface area contributed by atoms with Crippen molar-refractivity contribution in [1.29, 1.82) is 0 Å². The van der Waals surface area contributed by atoms with Gasteiger partial charge in [-0.1, -0.05) is 5.10 Å². The number of ether oxygens (including phenoxy) is 1. The third kappa shape index (κ3) is 4.03. The zero-order chi connectivity index (χ0) is 17.8. The molecule has 0 aromatic carbocycles. The van der Waals surface area contributed by atoms with Gasteiger partial charge in [-0.05, 0) is 38.1 Å². The Labute approximate surface area is 145 Å². The lowest BCUT2D eigenvalue weighted by Crippen LogP contribution is -2.11. The number of pyridine rings is 2. The third-order valence-electron chi connectivity index (χ3n) is 3.25. The van der Waals surface area contributed by atoms with Crippen molar-refractivity contribution in [3.8, 4) is 17.3 Å². The zero-order valence-corrected chi connectivity index (χ0v) is 14.6. The van der Waals surface area contributed by atoms with Crippen LogP contribution in [-0.2, 0) is 0 Å². The Bertz CT molecular complexity index is 829. The summed E-state index contributed by atoms with van der Waals surface area (Å²) < 4.78 is 11.2. The van der Waals surface area contributed by atoms with Gasteiger partial charge in [-0.2, -0.15) is 0 Å². The number of nitrogens with one attached hydrogen (secondary N) is 1. The fourth-order valence-electron chi connectivity index (χ4n) is 2.18. The molecule has 0 radical (unpaired) electrons. The average molecular weight is 340 g/mol. The minimum atomic E-state index is 0.0936. The molecule has 0 fully saturated rings. The molecular weight excluding hydrogens is 320 g/mol. The number of nitrogens with zero attached hydrogens (tertiary/aromatic N) is 5. The van der Waals surface area contributed by atoms with E-state index in [2.05, 4.69) is 25.5 Å². The van der Waals surface area contributed by atoms with Crippen LogP contribution < -0.4 is 15.0 Å². The van der Waals surface area contributed by atoms with Crippen LogP contribution in [0.3, 0.4) is 0 Å². The molecule has 3 aromatic heterocycles. The molecule has 0 aliphatic rings. The Morgan fingerprint density at radius 2 is 1.96 bits per heavy atom. The molecule has 0 bridgehead atoms. The first-order valence-electron chi connectivity index (χ1n) is 7.89. The van der Waals surface area contributed by atoms with Gasteiger partial charge < -0.3 is 14.1 Å². The van der Waals surface area contributed by atoms with Gasteiger partial charge in [0.05, 0.1) is 18.0 Å². The van der Waals surface area contributed by atoms with Crippen LogP contribution in [0.2, 0.25) is 0 Å². The Hall–Kier alpha value is -3.16. The van der Waals surface area contributed by atoms with Crippen molar-refractivity contribution in [2.45, 2.75) is 20.0 Å². The van der Waals surface area contributed by atoms with E-state index in [-0.39, 0.29) is 12.1 Å². The molecule has 3 aromatic rings. The predicted molar refractivity (Wildman–Crippen MR) is 95.1 cm³/mol. The minimum absolute atomic E-state index is 0.0936. The van der Waals surface area contributed by atoms with Crippen LogP contribution in [0.25, 0.3) is 11.6 Å². The Morgan fingerprint density at radius 3 is 2.64 bits per heavy atom. The van der Waals surface area contributed by atoms with Gasteiger partial charge in [0, 0.05) is 20.3 Å². The second-order valence-corrected chi connectivity index (χ2v) is 5.85. The molecule has 0 aliphatic carbocycles. The van der Waals surface area contributed by atoms with E-state index in [1.165, 1.54) is 0 Å². The lowest BCUT2D eigenvalue weighted by atomic mass is 10.3. The SMILES string of the molecule is CC(C)Oc1ccc(-c2nnc(Nc3ncccc3N(C)C)o2)nc1. The van der Waals surface area contributed by atoms with E-state index in [0.29, 0.717) is 23.2 Å². The molecule has 1 N–H and O–H groups in total. The quantitative estimate of drug-likeness (QED) is 0.732. The number of hydrogen-bond acceptors (Lipinski definition) is 8. The van der Waals surface area contributed by atoms with E-state index < -0.39 is 0 Å². The van der Waals surface area contributed by atoms with Crippen molar-refractivity contribution in [3.05, 3.63) is 36.7 Å². The van der Waals surface area contributed by atoms with Gasteiger partial charge in [0.1, 0.15) is 11.4 Å². The predicted octanol–water partition coefficient (Wildman–Crippen LogP) is 3.12. The van der Waals surface area contributed by atoms with Crippen molar-refractivity contribution in [3.63, 3.8) is 0 Å². The highest BCUT2D eigenvalue weighted by Gasteiger charge is 2.13. The second-order valence-electron chi connectivity index (χ2n) is 5.85. The van der Waals surface area contributed by atoms with Gasteiger partial charge in [-0.25, -0.2) is 9.97 Å². The summed E-state index contributed by atoms with van der Waals surface area (Å²) in [6.07, 6.45) is 3.42. The molecule has 8 heteroatoms. The Morgan fingerprint density at radius 1 is 1.12 bits per heavy atom. The first-order chi connectivity index (χ1) is 12.0. The lowest BCUT2D eigenvalue weighted by Gasteiger charge is -2.15. The highest BCUT2D eigenvalue weighted by atomic mass is 16.5. The minimum Gasteiger partial charge on any atom is -0.489 e. The second kappa shape index (κ2) is 7.16. The highest BCUT2D eigenvalue weighted by molar-refractivity contribution is 5.68. The van der Waals surface area contributed by atoms with Gasteiger partial charge >= 0.3 is 6.01 Å². The normalized spacial score (nSPS) is 10.8. The number of aromatic nitrogens is 4. The van der Waals surface area contributed by atoms with E-state index in [1.54, 1.807) is 18.5 Å². The summed E-state index contributed by atoms with van der Waals surface area (Å²) in [7, 11) is 3.87. The average Bonchev–Trinajstić information content (AvgIpc) is 3.04.